The molecule has 3 nitrogen and oxygen atoms in total. The lowest BCUT2D eigenvalue weighted by Crippen LogP contribution is -2.29. The summed E-state index contributed by atoms with van der Waals surface area (Å²) in [5.41, 5.74) is 1.29. The lowest BCUT2D eigenvalue weighted by atomic mass is 10.1. The summed E-state index contributed by atoms with van der Waals surface area (Å²) in [5, 5.41) is 0. The van der Waals surface area contributed by atoms with Crippen LogP contribution in [0.4, 0.5) is 0 Å². The van der Waals surface area contributed by atoms with Crippen molar-refractivity contribution in [2.24, 2.45) is 0 Å². The van der Waals surface area contributed by atoms with E-state index in [0.717, 1.165) is 36.9 Å². The van der Waals surface area contributed by atoms with Crippen molar-refractivity contribution in [1.29, 1.82) is 0 Å². The Morgan fingerprint density at radius 3 is 2.50 bits per heavy atom. The molecule has 1 aliphatic rings. The Morgan fingerprint density at radius 1 is 0.955 bits per heavy atom. The van der Waals surface area contributed by atoms with Crippen LogP contribution >= 0.6 is 0 Å². The SMILES string of the molecule is COc1ccccc1Oc1cccc(CN2CC[CH]CC2)c1. The van der Waals surface area contributed by atoms with Crippen molar-refractivity contribution >= 4 is 0 Å². The van der Waals surface area contributed by atoms with E-state index in [1.54, 1.807) is 7.11 Å². The van der Waals surface area contributed by atoms with E-state index in [-0.39, 0.29) is 0 Å². The Kier molecular flexibility index (Phi) is 4.96. The first-order valence-corrected chi connectivity index (χ1v) is 7.79. The molecule has 22 heavy (non-hydrogen) atoms. The topological polar surface area (TPSA) is 21.7 Å². The highest BCUT2D eigenvalue weighted by Crippen LogP contribution is 2.31. The molecule has 115 valence electrons. The van der Waals surface area contributed by atoms with Crippen LogP contribution in [0.2, 0.25) is 0 Å². The molecular formula is C19H22NO2. The van der Waals surface area contributed by atoms with Gasteiger partial charge >= 0.3 is 0 Å². The number of likely N-dealkylation sites (tertiary alicyclic amines) is 1. The smallest absolute Gasteiger partial charge is 0.169 e. The molecule has 2 aromatic carbocycles. The van der Waals surface area contributed by atoms with Crippen molar-refractivity contribution in [3.63, 3.8) is 0 Å². The Hall–Kier alpha value is -2.00. The van der Waals surface area contributed by atoms with Gasteiger partial charge in [0.1, 0.15) is 5.75 Å². The standard InChI is InChI=1S/C19H22NO2/c1-21-18-10-3-4-11-19(18)22-17-9-7-8-16(14-17)15-20-12-5-2-6-13-20/h2-4,7-11,14H,5-6,12-13,15H2,1H3. The number of methoxy groups -OCH3 is 1. The van der Waals surface area contributed by atoms with Crippen LogP contribution in [0.15, 0.2) is 48.5 Å². The summed E-state index contributed by atoms with van der Waals surface area (Å²) in [5.74, 6) is 2.35. The summed E-state index contributed by atoms with van der Waals surface area (Å²) in [6.45, 7) is 3.28. The Labute approximate surface area is 132 Å². The zero-order chi connectivity index (χ0) is 15.2. The highest BCUT2D eigenvalue weighted by Gasteiger charge is 2.11. The fourth-order valence-corrected chi connectivity index (χ4v) is 2.76. The van der Waals surface area contributed by atoms with Crippen molar-refractivity contribution < 1.29 is 9.47 Å². The predicted molar refractivity (Wildman–Crippen MR) is 88.3 cm³/mol. The van der Waals surface area contributed by atoms with Crippen molar-refractivity contribution in [1.82, 2.24) is 4.90 Å². The fourth-order valence-electron chi connectivity index (χ4n) is 2.76. The molecule has 1 fully saturated rings. The average Bonchev–Trinajstić information content (AvgIpc) is 2.57. The fraction of sp³-hybridized carbons (Fsp3) is 0.316. The van der Waals surface area contributed by atoms with Crippen LogP contribution < -0.4 is 9.47 Å². The maximum Gasteiger partial charge on any atom is 0.169 e. The third kappa shape index (κ3) is 3.80. The molecule has 0 unspecified atom stereocenters. The number of nitrogens with zero attached hydrogens (tertiary/aromatic N) is 1. The lowest BCUT2D eigenvalue weighted by molar-refractivity contribution is 0.246. The van der Waals surface area contributed by atoms with Gasteiger partial charge in [0.15, 0.2) is 11.5 Å². The van der Waals surface area contributed by atoms with Crippen LogP contribution in [-0.2, 0) is 6.54 Å². The molecule has 0 aliphatic carbocycles. The van der Waals surface area contributed by atoms with Gasteiger partial charge in [-0.3, -0.25) is 4.90 Å². The largest absolute Gasteiger partial charge is 0.493 e. The number of piperidine rings is 1. The minimum Gasteiger partial charge on any atom is -0.493 e. The van der Waals surface area contributed by atoms with Gasteiger partial charge in [-0.15, -0.1) is 0 Å². The molecule has 1 saturated heterocycles. The maximum atomic E-state index is 5.98. The number of para-hydroxylation sites is 2. The number of hydrogen-bond donors (Lipinski definition) is 0. The normalized spacial score (nSPS) is 15.5. The molecule has 0 atom stereocenters. The first-order valence-electron chi connectivity index (χ1n) is 7.79. The monoisotopic (exact) mass is 296 g/mol. The van der Waals surface area contributed by atoms with E-state index >= 15 is 0 Å². The summed E-state index contributed by atoms with van der Waals surface area (Å²) in [6, 6.07) is 16.0. The summed E-state index contributed by atoms with van der Waals surface area (Å²) >= 11 is 0. The van der Waals surface area contributed by atoms with Crippen molar-refractivity contribution in [3.8, 4) is 17.2 Å². The molecule has 0 aromatic heterocycles. The van der Waals surface area contributed by atoms with Crippen LogP contribution in [0, 0.1) is 6.42 Å². The van der Waals surface area contributed by atoms with Crippen LogP contribution in [0.5, 0.6) is 17.2 Å². The van der Waals surface area contributed by atoms with Crippen LogP contribution in [-0.4, -0.2) is 25.1 Å². The molecule has 0 spiro atoms. The minimum atomic E-state index is 0.745. The van der Waals surface area contributed by atoms with E-state index in [9.17, 15) is 0 Å². The molecule has 2 aromatic rings. The molecule has 0 N–H and O–H groups in total. The Balaban J connectivity index is 1.70. The zero-order valence-electron chi connectivity index (χ0n) is 13.0. The van der Waals surface area contributed by atoms with Crippen molar-refractivity contribution in [3.05, 3.63) is 60.5 Å². The van der Waals surface area contributed by atoms with Crippen molar-refractivity contribution in [2.45, 2.75) is 19.4 Å². The highest BCUT2D eigenvalue weighted by atomic mass is 16.5. The van der Waals surface area contributed by atoms with E-state index in [2.05, 4.69) is 29.5 Å². The van der Waals surface area contributed by atoms with E-state index < -0.39 is 0 Å². The average molecular weight is 296 g/mol. The van der Waals surface area contributed by atoms with E-state index in [0.29, 0.717) is 0 Å². The van der Waals surface area contributed by atoms with Gasteiger partial charge in [-0.2, -0.15) is 0 Å². The van der Waals surface area contributed by atoms with E-state index in [4.69, 9.17) is 9.47 Å². The highest BCUT2D eigenvalue weighted by molar-refractivity contribution is 5.43. The summed E-state index contributed by atoms with van der Waals surface area (Å²) in [6.07, 6.45) is 4.76. The van der Waals surface area contributed by atoms with Gasteiger partial charge in [0.05, 0.1) is 7.11 Å². The third-order valence-corrected chi connectivity index (χ3v) is 3.90. The van der Waals surface area contributed by atoms with Crippen LogP contribution in [0.3, 0.4) is 0 Å². The second kappa shape index (κ2) is 7.32. The van der Waals surface area contributed by atoms with Gasteiger partial charge in [0.25, 0.3) is 0 Å². The second-order valence-electron chi connectivity index (χ2n) is 5.54. The molecular weight excluding hydrogens is 274 g/mol. The molecule has 1 aliphatic heterocycles. The molecule has 3 rings (SSSR count). The molecule has 0 saturated carbocycles. The maximum absolute atomic E-state index is 5.98. The number of benzene rings is 2. The molecule has 1 heterocycles. The van der Waals surface area contributed by atoms with Crippen LogP contribution in [0.25, 0.3) is 0 Å². The zero-order valence-corrected chi connectivity index (χ0v) is 13.0. The molecule has 3 heteroatoms. The molecule has 1 radical (unpaired) electrons. The lowest BCUT2D eigenvalue weighted by Gasteiger charge is -2.26. The quantitative estimate of drug-likeness (QED) is 0.821. The first-order chi connectivity index (χ1) is 10.8. The first kappa shape index (κ1) is 14.9. The molecule has 0 amide bonds. The predicted octanol–water partition coefficient (Wildman–Crippen LogP) is 4.29. The number of rotatable bonds is 5. The minimum absolute atomic E-state index is 0.745. The van der Waals surface area contributed by atoms with Crippen LogP contribution in [0.1, 0.15) is 18.4 Å². The summed E-state index contributed by atoms with van der Waals surface area (Å²) in [4.78, 5) is 2.49. The summed E-state index contributed by atoms with van der Waals surface area (Å²) in [7, 11) is 1.66. The molecule has 0 bridgehead atoms. The van der Waals surface area contributed by atoms with Crippen molar-refractivity contribution in [2.75, 3.05) is 20.2 Å². The van der Waals surface area contributed by atoms with Gasteiger partial charge in [-0.05, 0) is 62.2 Å². The van der Waals surface area contributed by atoms with E-state index in [1.165, 1.54) is 18.4 Å². The van der Waals surface area contributed by atoms with Gasteiger partial charge in [-0.1, -0.05) is 24.3 Å². The number of hydrogen-bond acceptors (Lipinski definition) is 3. The second-order valence-corrected chi connectivity index (χ2v) is 5.54. The van der Waals surface area contributed by atoms with Gasteiger partial charge in [-0.25, -0.2) is 0 Å². The van der Waals surface area contributed by atoms with Gasteiger partial charge in [0, 0.05) is 6.54 Å². The Bertz CT molecular complexity index is 606. The van der Waals surface area contributed by atoms with Gasteiger partial charge in [0.2, 0.25) is 0 Å². The van der Waals surface area contributed by atoms with Gasteiger partial charge < -0.3 is 9.47 Å². The Morgan fingerprint density at radius 2 is 1.73 bits per heavy atom. The van der Waals surface area contributed by atoms with E-state index in [1.807, 2.05) is 30.3 Å². The third-order valence-electron chi connectivity index (χ3n) is 3.90. The summed E-state index contributed by atoms with van der Waals surface area (Å²) < 4.78 is 11.3. The number of ether oxygens (including phenoxy) is 2.